The summed E-state index contributed by atoms with van der Waals surface area (Å²) in [6.07, 6.45) is -2.71. The molecule has 0 bridgehead atoms. The maximum absolute atomic E-state index is 13.1. The van der Waals surface area contributed by atoms with Gasteiger partial charge in [-0.2, -0.15) is 5.26 Å². The number of halogens is 2. The fourth-order valence-corrected chi connectivity index (χ4v) is 5.60. The molecule has 2 N–H and O–H groups in total. The number of anilines is 2. The molecule has 186 valence electrons. The second-order valence-corrected chi connectivity index (χ2v) is 9.42. The van der Waals surface area contributed by atoms with Gasteiger partial charge in [-0.15, -0.1) is 11.8 Å². The van der Waals surface area contributed by atoms with Crippen molar-refractivity contribution in [3.05, 3.63) is 18.2 Å². The molecule has 34 heavy (non-hydrogen) atoms. The first-order valence-corrected chi connectivity index (χ1v) is 12.2. The van der Waals surface area contributed by atoms with Crippen molar-refractivity contribution in [2.45, 2.75) is 30.9 Å². The van der Waals surface area contributed by atoms with Gasteiger partial charge >= 0.3 is 0 Å². The van der Waals surface area contributed by atoms with Crippen molar-refractivity contribution in [2.75, 3.05) is 56.2 Å². The van der Waals surface area contributed by atoms with Crippen LogP contribution in [0.5, 0.6) is 0 Å². The predicted octanol–water partition coefficient (Wildman–Crippen LogP) is 1.78. The Bertz CT molecular complexity index is 896. The molecule has 2 saturated heterocycles. The summed E-state index contributed by atoms with van der Waals surface area (Å²) < 4.78 is 30.3. The fourth-order valence-electron chi connectivity index (χ4n) is 3.95. The summed E-state index contributed by atoms with van der Waals surface area (Å²) in [5, 5.41) is 13.7. The molecule has 2 amide bonds. The average molecular weight is 497 g/mol. The zero-order valence-electron chi connectivity index (χ0n) is 19.2. The van der Waals surface area contributed by atoms with E-state index in [0.29, 0.717) is 32.1 Å². The highest BCUT2D eigenvalue weighted by molar-refractivity contribution is 8.01. The maximum Gasteiger partial charge on any atom is 0.255 e. The van der Waals surface area contributed by atoms with Gasteiger partial charge < -0.3 is 25.2 Å². The zero-order chi connectivity index (χ0) is 24.7. The van der Waals surface area contributed by atoms with Crippen LogP contribution in [0.2, 0.25) is 0 Å². The Morgan fingerprint density at radius 2 is 2.09 bits per heavy atom. The molecule has 2 aliphatic heterocycles. The number of morpholine rings is 1. The van der Waals surface area contributed by atoms with Crippen LogP contribution in [-0.4, -0.2) is 84.7 Å². The Morgan fingerprint density at radius 3 is 2.74 bits per heavy atom. The molecule has 4 atom stereocenters. The molecule has 0 radical (unpaired) electrons. The van der Waals surface area contributed by atoms with Crippen molar-refractivity contribution in [3.8, 4) is 6.07 Å². The van der Waals surface area contributed by atoms with Crippen LogP contribution >= 0.6 is 11.8 Å². The highest BCUT2D eigenvalue weighted by Crippen LogP contribution is 2.39. The van der Waals surface area contributed by atoms with E-state index in [9.17, 15) is 23.6 Å². The van der Waals surface area contributed by atoms with Gasteiger partial charge in [0, 0.05) is 26.2 Å². The summed E-state index contributed by atoms with van der Waals surface area (Å²) in [7, 11) is 0. The summed E-state index contributed by atoms with van der Waals surface area (Å²) >= 11 is 1.24. The number of thioether (sulfide) groups is 1. The minimum atomic E-state index is -2.71. The Balaban J connectivity index is 1.62. The van der Waals surface area contributed by atoms with Gasteiger partial charge in [-0.05, 0) is 25.0 Å². The van der Waals surface area contributed by atoms with Gasteiger partial charge in [0.05, 0.1) is 31.1 Å². The maximum atomic E-state index is 13.1. The number of nitriles is 1. The first-order chi connectivity index (χ1) is 16.3. The smallest absolute Gasteiger partial charge is 0.255 e. The van der Waals surface area contributed by atoms with Gasteiger partial charge in [0.1, 0.15) is 17.0 Å². The van der Waals surface area contributed by atoms with E-state index in [0.717, 1.165) is 18.9 Å². The summed E-state index contributed by atoms with van der Waals surface area (Å²) in [6.45, 7) is 6.52. The molecule has 4 unspecified atom stereocenters. The Kier molecular flexibility index (Phi) is 9.29. The minimum absolute atomic E-state index is 0.131. The zero-order valence-corrected chi connectivity index (χ0v) is 20.1. The number of aromatic nitrogens is 1. The lowest BCUT2D eigenvalue weighted by Crippen LogP contribution is -2.45. The van der Waals surface area contributed by atoms with Crippen molar-refractivity contribution >= 4 is 35.2 Å². The predicted molar refractivity (Wildman–Crippen MR) is 126 cm³/mol. The third-order valence-corrected chi connectivity index (χ3v) is 7.55. The Hall–Kier alpha value is -2.65. The van der Waals surface area contributed by atoms with Crippen LogP contribution in [0.1, 0.15) is 13.8 Å². The molecule has 0 aromatic carbocycles. The number of amides is 2. The molecule has 0 aliphatic carbocycles. The van der Waals surface area contributed by atoms with Crippen molar-refractivity contribution in [1.82, 2.24) is 15.2 Å². The summed E-state index contributed by atoms with van der Waals surface area (Å²) in [5.74, 6) is -0.767. The van der Waals surface area contributed by atoms with Crippen molar-refractivity contribution < 1.29 is 23.1 Å². The second kappa shape index (κ2) is 12.2. The van der Waals surface area contributed by atoms with E-state index in [1.165, 1.54) is 16.7 Å². The number of carbonyl (C=O) groups is 2. The first kappa shape index (κ1) is 26.0. The summed E-state index contributed by atoms with van der Waals surface area (Å²) in [6, 6.07) is 7.62. The van der Waals surface area contributed by atoms with Crippen LogP contribution in [0, 0.1) is 23.2 Å². The van der Waals surface area contributed by atoms with Crippen molar-refractivity contribution in [1.29, 1.82) is 5.26 Å². The first-order valence-electron chi connectivity index (χ1n) is 11.3. The number of pyridine rings is 1. The van der Waals surface area contributed by atoms with Crippen LogP contribution in [-0.2, 0) is 14.3 Å². The Labute approximate surface area is 202 Å². The van der Waals surface area contributed by atoms with Crippen LogP contribution < -0.4 is 15.5 Å². The normalized spacial score (nSPS) is 22.4. The quantitative estimate of drug-likeness (QED) is 0.504. The average Bonchev–Trinajstić information content (AvgIpc) is 3.18. The van der Waals surface area contributed by atoms with E-state index in [-0.39, 0.29) is 11.8 Å². The van der Waals surface area contributed by atoms with Crippen LogP contribution in [0.15, 0.2) is 18.2 Å². The van der Waals surface area contributed by atoms with Gasteiger partial charge in [-0.3, -0.25) is 9.59 Å². The highest BCUT2D eigenvalue weighted by Gasteiger charge is 2.47. The third-order valence-electron chi connectivity index (χ3n) is 5.79. The van der Waals surface area contributed by atoms with Crippen LogP contribution in [0.25, 0.3) is 0 Å². The van der Waals surface area contributed by atoms with Crippen LogP contribution in [0.3, 0.4) is 0 Å². The minimum Gasteiger partial charge on any atom is -0.378 e. The van der Waals surface area contributed by atoms with Gasteiger partial charge in [-0.25, -0.2) is 13.8 Å². The lowest BCUT2D eigenvalue weighted by Gasteiger charge is -2.28. The van der Waals surface area contributed by atoms with E-state index in [2.05, 4.69) is 20.5 Å². The number of nitrogens with zero attached hydrogens (tertiary/aromatic N) is 4. The monoisotopic (exact) mass is 496 g/mol. The van der Waals surface area contributed by atoms with Gasteiger partial charge in [0.25, 0.3) is 6.43 Å². The molecular formula is C22H30F2N6O3S. The van der Waals surface area contributed by atoms with Gasteiger partial charge in [0.15, 0.2) is 5.92 Å². The topological polar surface area (TPSA) is 111 Å². The molecule has 9 nitrogen and oxygen atoms in total. The molecule has 0 spiro atoms. The number of hydrogen-bond donors (Lipinski definition) is 2. The van der Waals surface area contributed by atoms with E-state index in [1.807, 2.05) is 31.2 Å². The number of nitrogens with one attached hydrogen (secondary N) is 2. The molecule has 3 heterocycles. The highest BCUT2D eigenvalue weighted by atomic mass is 32.2. The van der Waals surface area contributed by atoms with Crippen molar-refractivity contribution in [2.24, 2.45) is 11.8 Å². The molecule has 1 aromatic heterocycles. The number of alkyl halides is 2. The largest absolute Gasteiger partial charge is 0.378 e. The molecule has 2 aliphatic rings. The molecule has 12 heteroatoms. The van der Waals surface area contributed by atoms with E-state index in [1.54, 1.807) is 6.92 Å². The third kappa shape index (κ3) is 6.27. The second-order valence-electron chi connectivity index (χ2n) is 8.15. The fraction of sp³-hybridized carbons (Fsp3) is 0.636. The lowest BCUT2D eigenvalue weighted by molar-refractivity contribution is -0.132. The van der Waals surface area contributed by atoms with Crippen molar-refractivity contribution in [3.63, 3.8) is 0 Å². The van der Waals surface area contributed by atoms with E-state index in [4.69, 9.17) is 4.74 Å². The molecular weight excluding hydrogens is 466 g/mol. The number of hydrogen-bond acceptors (Lipinski definition) is 8. The molecule has 0 saturated carbocycles. The SMILES string of the molecule is CCN1C(=O)C(C(C)CNc2cccc(N3CCOCC3)n2)SC1C(C#N)C(=O)NCC(F)F. The molecule has 1 aromatic rings. The van der Waals surface area contributed by atoms with E-state index >= 15 is 0 Å². The standard InChI is InChI=1S/C22H30F2N6O3S/c1-3-30-21(32)19(34-22(30)15(11-25)20(31)27-13-16(23)24)14(2)12-26-17-5-4-6-18(28-17)29-7-9-33-10-8-29/h4-6,14-16,19,22H,3,7-10,12-13H2,1-2H3,(H,26,28)(H,27,31). The summed E-state index contributed by atoms with van der Waals surface area (Å²) in [4.78, 5) is 33.7. The number of rotatable bonds is 10. The van der Waals surface area contributed by atoms with Gasteiger partial charge in [0.2, 0.25) is 11.8 Å². The van der Waals surface area contributed by atoms with Crippen LogP contribution in [0.4, 0.5) is 20.4 Å². The molecule has 3 rings (SSSR count). The number of ether oxygens (including phenoxy) is 1. The summed E-state index contributed by atoms with van der Waals surface area (Å²) in [5.41, 5.74) is 0. The Morgan fingerprint density at radius 1 is 1.35 bits per heavy atom. The van der Waals surface area contributed by atoms with Gasteiger partial charge in [-0.1, -0.05) is 13.0 Å². The molecule has 2 fully saturated rings. The number of carbonyl (C=O) groups excluding carboxylic acids is 2. The lowest BCUT2D eigenvalue weighted by atomic mass is 10.1. The van der Waals surface area contributed by atoms with E-state index < -0.39 is 35.4 Å².